The fraction of sp³-hybridized carbons (Fsp3) is 0.250. The van der Waals surface area contributed by atoms with Crippen LogP contribution in [0.25, 0.3) is 0 Å². The molecule has 0 saturated carbocycles. The van der Waals surface area contributed by atoms with Crippen molar-refractivity contribution in [3.05, 3.63) is 42.1 Å². The van der Waals surface area contributed by atoms with Gasteiger partial charge in [0.25, 0.3) is 5.91 Å². The van der Waals surface area contributed by atoms with Crippen LogP contribution >= 0.6 is 0 Å². The van der Waals surface area contributed by atoms with Gasteiger partial charge in [-0.2, -0.15) is 5.10 Å². The molecule has 1 unspecified atom stereocenters. The van der Waals surface area contributed by atoms with Crippen LogP contribution in [-0.2, 0) is 4.79 Å². The molecule has 3 N–H and O–H groups in total. The Kier molecular flexibility index (Phi) is 3.97. The minimum Gasteiger partial charge on any atom is -0.459 e. The highest BCUT2D eigenvalue weighted by Crippen LogP contribution is 2.08. The zero-order chi connectivity index (χ0) is 13.7. The van der Waals surface area contributed by atoms with E-state index in [0.29, 0.717) is 0 Å². The van der Waals surface area contributed by atoms with Crippen LogP contribution in [0.3, 0.4) is 0 Å². The molecule has 100 valence electrons. The average Bonchev–Trinajstić information content (AvgIpc) is 3.07. The highest BCUT2D eigenvalue weighted by Gasteiger charge is 2.13. The Morgan fingerprint density at radius 2 is 2.37 bits per heavy atom. The Hall–Kier alpha value is -2.57. The van der Waals surface area contributed by atoms with E-state index in [1.54, 1.807) is 18.5 Å². The molecule has 7 heteroatoms. The molecule has 2 aromatic rings. The first-order valence-electron chi connectivity index (χ1n) is 5.76. The first-order chi connectivity index (χ1) is 9.16. The molecule has 0 aliphatic heterocycles. The molecule has 0 aromatic carbocycles. The van der Waals surface area contributed by atoms with E-state index in [2.05, 4.69) is 20.8 Å². The highest BCUT2D eigenvalue weighted by atomic mass is 16.3. The minimum absolute atomic E-state index is 0.109. The Morgan fingerprint density at radius 1 is 1.53 bits per heavy atom. The van der Waals surface area contributed by atoms with Crippen molar-refractivity contribution >= 4 is 11.8 Å². The highest BCUT2D eigenvalue weighted by molar-refractivity contribution is 5.94. The summed E-state index contributed by atoms with van der Waals surface area (Å²) in [6.07, 6.45) is 4.73. The average molecular weight is 262 g/mol. The predicted octanol–water partition coefficient (Wildman–Crippen LogP) is 0.610. The molecule has 0 bridgehead atoms. The molecule has 19 heavy (non-hydrogen) atoms. The molecule has 0 aliphatic rings. The second-order valence-corrected chi connectivity index (χ2v) is 3.98. The predicted molar refractivity (Wildman–Crippen MR) is 66.2 cm³/mol. The normalized spacial score (nSPS) is 11.8. The Labute approximate surface area is 109 Å². The van der Waals surface area contributed by atoms with Crippen molar-refractivity contribution in [2.24, 2.45) is 0 Å². The van der Waals surface area contributed by atoms with Crippen molar-refractivity contribution in [2.45, 2.75) is 13.0 Å². The van der Waals surface area contributed by atoms with Crippen LogP contribution in [0.2, 0.25) is 0 Å². The molecule has 0 fully saturated rings. The van der Waals surface area contributed by atoms with E-state index in [1.165, 1.54) is 12.3 Å². The summed E-state index contributed by atoms with van der Waals surface area (Å²) < 4.78 is 4.91. The van der Waals surface area contributed by atoms with Crippen molar-refractivity contribution in [1.82, 2.24) is 20.8 Å². The van der Waals surface area contributed by atoms with Gasteiger partial charge in [-0.15, -0.1) is 0 Å². The van der Waals surface area contributed by atoms with Gasteiger partial charge in [-0.3, -0.25) is 14.7 Å². The lowest BCUT2D eigenvalue weighted by atomic mass is 10.2. The lowest BCUT2D eigenvalue weighted by Crippen LogP contribution is -2.37. The summed E-state index contributed by atoms with van der Waals surface area (Å²) in [4.78, 5) is 23.2. The third-order valence-electron chi connectivity index (χ3n) is 2.55. The molecule has 2 rings (SSSR count). The number of aromatic nitrogens is 2. The summed E-state index contributed by atoms with van der Waals surface area (Å²) in [5, 5.41) is 11.7. The summed E-state index contributed by atoms with van der Waals surface area (Å²) in [7, 11) is 0. The number of carbonyl (C=O) groups is 2. The summed E-state index contributed by atoms with van der Waals surface area (Å²) >= 11 is 0. The molecule has 0 radical (unpaired) electrons. The number of aromatic amines is 1. The molecule has 1 atom stereocenters. The van der Waals surface area contributed by atoms with Crippen LogP contribution in [0.4, 0.5) is 0 Å². The van der Waals surface area contributed by atoms with Crippen LogP contribution < -0.4 is 10.6 Å². The fourth-order valence-electron chi connectivity index (χ4n) is 1.53. The number of H-pyrrole nitrogens is 1. The van der Waals surface area contributed by atoms with E-state index < -0.39 is 5.91 Å². The van der Waals surface area contributed by atoms with E-state index in [4.69, 9.17) is 4.42 Å². The van der Waals surface area contributed by atoms with Gasteiger partial charge >= 0.3 is 0 Å². The largest absolute Gasteiger partial charge is 0.459 e. The van der Waals surface area contributed by atoms with Gasteiger partial charge in [0.1, 0.15) is 0 Å². The first-order valence-corrected chi connectivity index (χ1v) is 5.76. The van der Waals surface area contributed by atoms with E-state index in [0.717, 1.165) is 5.56 Å². The second kappa shape index (κ2) is 5.85. The van der Waals surface area contributed by atoms with Crippen molar-refractivity contribution < 1.29 is 14.0 Å². The molecular formula is C12H14N4O3. The topological polar surface area (TPSA) is 100 Å². The first kappa shape index (κ1) is 12.9. The number of hydrogen-bond donors (Lipinski definition) is 3. The number of carbonyl (C=O) groups excluding carboxylic acids is 2. The third kappa shape index (κ3) is 3.44. The van der Waals surface area contributed by atoms with Crippen molar-refractivity contribution in [2.75, 3.05) is 6.54 Å². The van der Waals surface area contributed by atoms with Crippen LogP contribution in [0.15, 0.2) is 35.2 Å². The van der Waals surface area contributed by atoms with E-state index in [1.807, 2.05) is 6.92 Å². The molecule has 2 heterocycles. The lowest BCUT2D eigenvalue weighted by molar-refractivity contribution is -0.120. The molecule has 0 saturated heterocycles. The van der Waals surface area contributed by atoms with E-state index in [9.17, 15) is 9.59 Å². The Morgan fingerprint density at radius 3 is 3.00 bits per heavy atom. The van der Waals surface area contributed by atoms with Gasteiger partial charge in [0, 0.05) is 11.8 Å². The quantitative estimate of drug-likeness (QED) is 0.735. The summed E-state index contributed by atoms with van der Waals surface area (Å²) in [6, 6.07) is 2.96. The Bertz CT molecular complexity index is 533. The van der Waals surface area contributed by atoms with E-state index >= 15 is 0 Å². The second-order valence-electron chi connectivity index (χ2n) is 3.98. The van der Waals surface area contributed by atoms with Crippen LogP contribution in [0, 0.1) is 0 Å². The van der Waals surface area contributed by atoms with Crippen LogP contribution in [0.5, 0.6) is 0 Å². The summed E-state index contributed by atoms with van der Waals surface area (Å²) in [5.41, 5.74) is 0.866. The van der Waals surface area contributed by atoms with Gasteiger partial charge in [0.05, 0.1) is 25.0 Å². The number of nitrogens with one attached hydrogen (secondary N) is 3. The van der Waals surface area contributed by atoms with Crippen LogP contribution in [0.1, 0.15) is 29.1 Å². The van der Waals surface area contributed by atoms with Gasteiger partial charge in [0.2, 0.25) is 5.91 Å². The molecule has 0 spiro atoms. The maximum Gasteiger partial charge on any atom is 0.287 e. The molecule has 0 aliphatic carbocycles. The zero-order valence-electron chi connectivity index (χ0n) is 10.3. The third-order valence-corrected chi connectivity index (χ3v) is 2.55. The standard InChI is InChI=1S/C12H14N4O3/c1-8(9-5-14-15-6-9)16-11(17)7-13-12(18)10-3-2-4-19-10/h2-6,8H,7H2,1H3,(H,13,18)(H,14,15)(H,16,17). The lowest BCUT2D eigenvalue weighted by Gasteiger charge is -2.12. The monoisotopic (exact) mass is 262 g/mol. The van der Waals surface area contributed by atoms with Crippen molar-refractivity contribution in [3.63, 3.8) is 0 Å². The van der Waals surface area contributed by atoms with Crippen LogP contribution in [-0.4, -0.2) is 28.6 Å². The van der Waals surface area contributed by atoms with Gasteiger partial charge in [0.15, 0.2) is 5.76 Å². The number of rotatable bonds is 5. The summed E-state index contributed by atoms with van der Waals surface area (Å²) in [5.74, 6) is -0.527. The Balaban J connectivity index is 1.77. The zero-order valence-corrected chi connectivity index (χ0v) is 10.3. The number of furan rings is 1. The maximum absolute atomic E-state index is 11.6. The summed E-state index contributed by atoms with van der Waals surface area (Å²) in [6.45, 7) is 1.72. The fourth-order valence-corrected chi connectivity index (χ4v) is 1.53. The van der Waals surface area contributed by atoms with Gasteiger partial charge in [-0.1, -0.05) is 0 Å². The van der Waals surface area contributed by atoms with Crippen molar-refractivity contribution in [1.29, 1.82) is 0 Å². The van der Waals surface area contributed by atoms with Gasteiger partial charge in [-0.25, -0.2) is 0 Å². The number of amides is 2. The smallest absolute Gasteiger partial charge is 0.287 e. The SMILES string of the molecule is CC(NC(=O)CNC(=O)c1ccco1)c1cn[nH]c1. The molecule has 2 amide bonds. The number of hydrogen-bond acceptors (Lipinski definition) is 4. The molecular weight excluding hydrogens is 248 g/mol. The minimum atomic E-state index is -0.420. The molecule has 2 aromatic heterocycles. The van der Waals surface area contributed by atoms with E-state index in [-0.39, 0.29) is 24.3 Å². The number of nitrogens with zero attached hydrogens (tertiary/aromatic N) is 1. The van der Waals surface area contributed by atoms with Gasteiger partial charge in [-0.05, 0) is 19.1 Å². The van der Waals surface area contributed by atoms with Crippen molar-refractivity contribution in [3.8, 4) is 0 Å². The maximum atomic E-state index is 11.6. The molecule has 7 nitrogen and oxygen atoms in total. The van der Waals surface area contributed by atoms with Gasteiger partial charge < -0.3 is 15.1 Å².